The average molecular weight is 443 g/mol. The Morgan fingerprint density at radius 1 is 1.16 bits per heavy atom. The third-order valence-electron chi connectivity index (χ3n) is 4.77. The summed E-state index contributed by atoms with van der Waals surface area (Å²) in [5, 5.41) is 10.8. The maximum Gasteiger partial charge on any atom is 0.416 e. The van der Waals surface area contributed by atoms with E-state index in [0.29, 0.717) is 12.1 Å². The molecule has 0 aliphatic carbocycles. The summed E-state index contributed by atoms with van der Waals surface area (Å²) in [7, 11) is 0. The molecule has 3 aromatic rings. The molecular formula is C22H16F3N3O4. The minimum Gasteiger partial charge on any atom is -0.443 e. The van der Waals surface area contributed by atoms with E-state index < -0.39 is 16.7 Å². The van der Waals surface area contributed by atoms with E-state index in [1.807, 2.05) is 0 Å². The van der Waals surface area contributed by atoms with E-state index in [1.54, 1.807) is 24.3 Å². The van der Waals surface area contributed by atoms with Crippen LogP contribution in [-0.2, 0) is 17.5 Å². The van der Waals surface area contributed by atoms with Crippen molar-refractivity contribution in [2.75, 3.05) is 13.2 Å². The third-order valence-corrected chi connectivity index (χ3v) is 4.77. The molecule has 0 bridgehead atoms. The molecule has 1 aromatic heterocycles. The van der Waals surface area contributed by atoms with Crippen molar-refractivity contribution >= 4 is 5.82 Å². The van der Waals surface area contributed by atoms with Gasteiger partial charge >= 0.3 is 18.0 Å². The van der Waals surface area contributed by atoms with Gasteiger partial charge in [-0.2, -0.15) is 13.2 Å². The van der Waals surface area contributed by atoms with E-state index in [1.165, 1.54) is 22.9 Å². The Labute approximate surface area is 180 Å². The van der Waals surface area contributed by atoms with Crippen molar-refractivity contribution in [3.05, 3.63) is 76.0 Å². The fourth-order valence-electron chi connectivity index (χ4n) is 3.16. The van der Waals surface area contributed by atoms with Crippen LogP contribution in [0.3, 0.4) is 0 Å². The normalized spacial score (nSPS) is 15.3. The topological polar surface area (TPSA) is 79.4 Å². The molecular weight excluding hydrogens is 427 g/mol. The summed E-state index contributed by atoms with van der Waals surface area (Å²) in [6.45, 7) is 0.734. The van der Waals surface area contributed by atoms with Gasteiger partial charge < -0.3 is 19.6 Å². The van der Waals surface area contributed by atoms with Gasteiger partial charge in [-0.25, -0.2) is 0 Å². The third kappa shape index (κ3) is 4.90. The molecule has 2 aromatic carbocycles. The molecule has 7 nitrogen and oxygen atoms in total. The number of benzene rings is 2. The smallest absolute Gasteiger partial charge is 0.416 e. The van der Waals surface area contributed by atoms with Crippen molar-refractivity contribution in [3.63, 3.8) is 0 Å². The van der Waals surface area contributed by atoms with Gasteiger partial charge in [0.25, 0.3) is 0 Å². The summed E-state index contributed by atoms with van der Waals surface area (Å²) in [6.07, 6.45) is -3.37. The van der Waals surface area contributed by atoms with Gasteiger partial charge in [0.2, 0.25) is 0 Å². The van der Waals surface area contributed by atoms with Gasteiger partial charge in [0.1, 0.15) is 25.5 Å². The highest BCUT2D eigenvalue weighted by molar-refractivity contribution is 5.64. The number of alkyl halides is 3. The van der Waals surface area contributed by atoms with Gasteiger partial charge in [0.05, 0.1) is 12.1 Å². The fraction of sp³-hybridized carbons (Fsp3) is 0.227. The van der Waals surface area contributed by atoms with E-state index in [2.05, 4.69) is 16.8 Å². The molecule has 10 heteroatoms. The molecule has 0 saturated heterocycles. The van der Waals surface area contributed by atoms with E-state index >= 15 is 0 Å². The fourth-order valence-corrected chi connectivity index (χ4v) is 3.16. The lowest BCUT2D eigenvalue weighted by atomic mass is 10.0. The van der Waals surface area contributed by atoms with Crippen LogP contribution in [0, 0.1) is 22.0 Å². The van der Waals surface area contributed by atoms with Crippen molar-refractivity contribution < 1.29 is 27.6 Å². The van der Waals surface area contributed by atoms with Crippen molar-refractivity contribution in [2.45, 2.75) is 18.8 Å². The second-order valence-electron chi connectivity index (χ2n) is 6.99. The van der Waals surface area contributed by atoms with Crippen LogP contribution in [0.1, 0.15) is 11.1 Å². The van der Waals surface area contributed by atoms with Crippen molar-refractivity contribution in [2.24, 2.45) is 0 Å². The number of aromatic nitrogens is 2. The van der Waals surface area contributed by atoms with Crippen LogP contribution in [0.15, 0.2) is 54.7 Å². The number of halogens is 3. The first-order valence-corrected chi connectivity index (χ1v) is 9.52. The standard InChI is InChI=1S/C22H16F3N3O4/c23-22(24,25)18-9-7-17(8-10-18)16-5-3-15(4-6-16)2-1-11-31-19-12-27-13-20(28(29)30)26-21(27)32-14-19/h3-10,13,19H,11-12,14H2/t19-/m0/s1. The van der Waals surface area contributed by atoms with E-state index in [4.69, 9.17) is 9.47 Å². The van der Waals surface area contributed by atoms with Crippen LogP contribution in [0.5, 0.6) is 6.01 Å². The van der Waals surface area contributed by atoms with Crippen LogP contribution in [0.25, 0.3) is 11.1 Å². The summed E-state index contributed by atoms with van der Waals surface area (Å²) in [5.41, 5.74) is 1.51. The SMILES string of the molecule is O=[N+]([O-])c1cn2c(n1)OC[C@@H](OCC#Cc1ccc(-c3ccc(C(F)(F)F)cc3)cc1)C2. The lowest BCUT2D eigenvalue weighted by Gasteiger charge is -2.21. The number of nitro groups is 1. The summed E-state index contributed by atoms with van der Waals surface area (Å²) in [5.74, 6) is 5.57. The largest absolute Gasteiger partial charge is 0.443 e. The summed E-state index contributed by atoms with van der Waals surface area (Å²) in [4.78, 5) is 14.0. The molecule has 0 N–H and O–H groups in total. The second-order valence-corrected chi connectivity index (χ2v) is 6.99. The lowest BCUT2D eigenvalue weighted by molar-refractivity contribution is -0.389. The number of hydrogen-bond acceptors (Lipinski definition) is 5. The summed E-state index contributed by atoms with van der Waals surface area (Å²) < 4.78 is 50.6. The van der Waals surface area contributed by atoms with Gasteiger partial charge in [-0.1, -0.05) is 36.1 Å². The average Bonchev–Trinajstić information content (AvgIpc) is 3.21. The maximum atomic E-state index is 12.7. The number of nitrogens with zero attached hydrogens (tertiary/aromatic N) is 3. The molecule has 0 radical (unpaired) electrons. The molecule has 0 spiro atoms. The van der Waals surface area contributed by atoms with Crippen LogP contribution in [0.2, 0.25) is 0 Å². The predicted octanol–water partition coefficient (Wildman–Crippen LogP) is 4.31. The van der Waals surface area contributed by atoms with Gasteiger partial charge in [-0.15, -0.1) is 0 Å². The van der Waals surface area contributed by atoms with Crippen LogP contribution in [-0.4, -0.2) is 33.8 Å². The molecule has 2 heterocycles. The highest BCUT2D eigenvalue weighted by atomic mass is 19.4. The molecule has 0 unspecified atom stereocenters. The number of imidazole rings is 1. The van der Waals surface area contributed by atoms with Crippen molar-refractivity contribution in [1.29, 1.82) is 0 Å². The Balaban J connectivity index is 1.31. The summed E-state index contributed by atoms with van der Waals surface area (Å²) >= 11 is 0. The lowest BCUT2D eigenvalue weighted by Crippen LogP contribution is -2.32. The molecule has 1 aliphatic heterocycles. The molecule has 32 heavy (non-hydrogen) atoms. The van der Waals surface area contributed by atoms with Gasteiger partial charge in [0.15, 0.2) is 0 Å². The zero-order chi connectivity index (χ0) is 22.7. The van der Waals surface area contributed by atoms with E-state index in [0.717, 1.165) is 23.3 Å². The Morgan fingerprint density at radius 2 is 1.81 bits per heavy atom. The number of ether oxygens (including phenoxy) is 2. The minimum absolute atomic E-state index is 0.140. The first-order chi connectivity index (χ1) is 15.3. The minimum atomic E-state index is -4.36. The molecule has 0 amide bonds. The highest BCUT2D eigenvalue weighted by Crippen LogP contribution is 2.31. The number of rotatable bonds is 4. The maximum absolute atomic E-state index is 12.7. The molecule has 0 fully saturated rings. The Morgan fingerprint density at radius 3 is 2.44 bits per heavy atom. The second kappa shape index (κ2) is 8.72. The summed E-state index contributed by atoms with van der Waals surface area (Å²) in [6, 6.07) is 12.3. The number of hydrogen-bond donors (Lipinski definition) is 0. The van der Waals surface area contributed by atoms with Crippen molar-refractivity contribution in [1.82, 2.24) is 9.55 Å². The van der Waals surface area contributed by atoms with Gasteiger partial charge in [0, 0.05) is 10.5 Å². The Hall–Kier alpha value is -3.84. The first-order valence-electron chi connectivity index (χ1n) is 9.52. The van der Waals surface area contributed by atoms with Gasteiger partial charge in [-0.3, -0.25) is 4.57 Å². The molecule has 164 valence electrons. The number of fused-ring (bicyclic) bond motifs is 1. The van der Waals surface area contributed by atoms with Gasteiger partial charge in [-0.05, 0) is 40.3 Å². The van der Waals surface area contributed by atoms with E-state index in [-0.39, 0.29) is 31.1 Å². The molecule has 1 atom stereocenters. The van der Waals surface area contributed by atoms with E-state index in [9.17, 15) is 23.3 Å². The van der Waals surface area contributed by atoms with Crippen LogP contribution >= 0.6 is 0 Å². The van der Waals surface area contributed by atoms with Crippen LogP contribution < -0.4 is 4.74 Å². The molecule has 1 aliphatic rings. The first kappa shape index (κ1) is 21.4. The monoisotopic (exact) mass is 443 g/mol. The quantitative estimate of drug-likeness (QED) is 0.341. The predicted molar refractivity (Wildman–Crippen MR) is 108 cm³/mol. The molecule has 0 saturated carbocycles. The Bertz CT molecular complexity index is 1180. The molecule has 4 rings (SSSR count). The zero-order valence-corrected chi connectivity index (χ0v) is 16.5. The zero-order valence-electron chi connectivity index (χ0n) is 16.5. The van der Waals surface area contributed by atoms with Crippen LogP contribution in [0.4, 0.5) is 19.0 Å². The highest BCUT2D eigenvalue weighted by Gasteiger charge is 2.30. The Kier molecular flexibility index (Phi) is 5.83. The van der Waals surface area contributed by atoms with Crippen molar-refractivity contribution in [3.8, 4) is 29.0 Å².